The maximum absolute atomic E-state index is 11.8. The fourth-order valence-corrected chi connectivity index (χ4v) is 2.88. The van der Waals surface area contributed by atoms with Gasteiger partial charge in [0.25, 0.3) is 0 Å². The van der Waals surface area contributed by atoms with Crippen LogP contribution in [0.2, 0.25) is 5.02 Å². The van der Waals surface area contributed by atoms with E-state index in [0.717, 1.165) is 16.9 Å². The van der Waals surface area contributed by atoms with Crippen LogP contribution < -0.4 is 14.9 Å². The number of halogens is 1. The minimum atomic E-state index is -0.164. The molecule has 0 spiro atoms. The van der Waals surface area contributed by atoms with Gasteiger partial charge in [0.05, 0.1) is 26.2 Å². The molecule has 0 aromatic heterocycles. The molecule has 0 saturated heterocycles. The number of rotatable bonds is 8. The van der Waals surface area contributed by atoms with Crippen LogP contribution in [0.3, 0.4) is 0 Å². The number of carbonyl (C=O) groups excluding carboxylic acids is 1. The Balaban J connectivity index is 1.79. The Bertz CT molecular complexity index is 736. The molecule has 0 aliphatic carbocycles. The molecule has 2 aromatic carbocycles. The van der Waals surface area contributed by atoms with Crippen LogP contribution in [0, 0.1) is 0 Å². The number of hydrogen-bond donors (Lipinski definition) is 1. The largest absolute Gasteiger partial charge is 0.497 e. The van der Waals surface area contributed by atoms with Crippen molar-refractivity contribution in [3.63, 3.8) is 0 Å². The Morgan fingerprint density at radius 3 is 2.64 bits per heavy atom. The number of hydrogen-bond acceptors (Lipinski definition) is 5. The molecule has 2 aromatic rings. The maximum Gasteiger partial charge on any atom is 0.250 e. The summed E-state index contributed by atoms with van der Waals surface area (Å²) < 4.78 is 10.4. The molecular weight excluding hydrogens is 360 g/mol. The van der Waals surface area contributed by atoms with E-state index in [-0.39, 0.29) is 5.91 Å². The van der Waals surface area contributed by atoms with Crippen LogP contribution in [0.1, 0.15) is 11.1 Å². The fraction of sp³-hybridized carbons (Fsp3) is 0.222. The van der Waals surface area contributed by atoms with Gasteiger partial charge in [0.15, 0.2) is 0 Å². The van der Waals surface area contributed by atoms with Crippen molar-refractivity contribution < 1.29 is 14.3 Å². The van der Waals surface area contributed by atoms with E-state index in [1.54, 1.807) is 32.6 Å². The number of nitrogens with zero attached hydrogens (tertiary/aromatic N) is 1. The summed E-state index contributed by atoms with van der Waals surface area (Å²) in [6.07, 6.45) is 1.54. The second-order valence-electron chi connectivity index (χ2n) is 5.02. The minimum Gasteiger partial charge on any atom is -0.497 e. The average molecular weight is 379 g/mol. The van der Waals surface area contributed by atoms with Gasteiger partial charge >= 0.3 is 0 Å². The van der Waals surface area contributed by atoms with Crippen LogP contribution in [-0.2, 0) is 10.5 Å². The molecule has 0 aliphatic heterocycles. The van der Waals surface area contributed by atoms with Gasteiger partial charge < -0.3 is 9.47 Å². The third kappa shape index (κ3) is 6.32. The van der Waals surface area contributed by atoms with Crippen molar-refractivity contribution in [3.8, 4) is 11.5 Å². The van der Waals surface area contributed by atoms with Crippen molar-refractivity contribution in [2.45, 2.75) is 5.75 Å². The molecule has 0 radical (unpaired) electrons. The van der Waals surface area contributed by atoms with Crippen molar-refractivity contribution >= 4 is 35.5 Å². The summed E-state index contributed by atoms with van der Waals surface area (Å²) in [6.45, 7) is 0. The predicted octanol–water partition coefficient (Wildman–Crippen LogP) is 3.74. The maximum atomic E-state index is 11.8. The van der Waals surface area contributed by atoms with E-state index in [4.69, 9.17) is 21.1 Å². The zero-order chi connectivity index (χ0) is 18.1. The fourth-order valence-electron chi connectivity index (χ4n) is 1.97. The summed E-state index contributed by atoms with van der Waals surface area (Å²) in [5.41, 5.74) is 4.37. The number of benzene rings is 2. The lowest BCUT2D eigenvalue weighted by Gasteiger charge is -2.07. The van der Waals surface area contributed by atoms with Crippen LogP contribution in [0.5, 0.6) is 11.5 Å². The molecule has 0 saturated carbocycles. The van der Waals surface area contributed by atoms with E-state index in [0.29, 0.717) is 22.3 Å². The predicted molar refractivity (Wildman–Crippen MR) is 103 cm³/mol. The normalized spacial score (nSPS) is 10.7. The summed E-state index contributed by atoms with van der Waals surface area (Å²) in [4.78, 5) is 11.8. The van der Waals surface area contributed by atoms with Gasteiger partial charge in [0.1, 0.15) is 11.5 Å². The quantitative estimate of drug-likeness (QED) is 0.561. The van der Waals surface area contributed by atoms with Gasteiger partial charge in [-0.2, -0.15) is 5.10 Å². The van der Waals surface area contributed by atoms with E-state index in [1.165, 1.54) is 11.8 Å². The highest BCUT2D eigenvalue weighted by molar-refractivity contribution is 7.99. The smallest absolute Gasteiger partial charge is 0.250 e. The highest BCUT2D eigenvalue weighted by Gasteiger charge is 2.04. The summed E-state index contributed by atoms with van der Waals surface area (Å²) in [6, 6.07) is 12.9. The molecule has 0 atom stereocenters. The molecule has 7 heteroatoms. The highest BCUT2D eigenvalue weighted by Crippen LogP contribution is 2.23. The first kappa shape index (κ1) is 19.1. The highest BCUT2D eigenvalue weighted by atomic mass is 35.5. The van der Waals surface area contributed by atoms with Crippen LogP contribution >= 0.6 is 23.4 Å². The monoisotopic (exact) mass is 378 g/mol. The molecule has 2 rings (SSSR count). The molecule has 0 fully saturated rings. The Morgan fingerprint density at radius 1 is 1.20 bits per heavy atom. The standard InChI is InChI=1S/C18H19ClN2O3S/c1-23-16-8-5-14(17(9-16)24-2)10-20-21-18(22)12-25-11-13-3-6-15(19)7-4-13/h3-10H,11-12H2,1-2H3,(H,21,22)/b20-10-. The number of amides is 1. The molecule has 0 heterocycles. The van der Waals surface area contributed by atoms with E-state index < -0.39 is 0 Å². The number of nitrogens with one attached hydrogen (secondary N) is 1. The first-order valence-electron chi connectivity index (χ1n) is 7.48. The Labute approximate surface area is 156 Å². The number of thioether (sulfide) groups is 1. The summed E-state index contributed by atoms with van der Waals surface area (Å²) in [5.74, 6) is 2.20. The first-order valence-corrected chi connectivity index (χ1v) is 9.01. The lowest BCUT2D eigenvalue weighted by Crippen LogP contribution is -2.19. The lowest BCUT2D eigenvalue weighted by molar-refractivity contribution is -0.118. The zero-order valence-electron chi connectivity index (χ0n) is 14.0. The molecule has 132 valence electrons. The molecular formula is C18H19ClN2O3S. The molecule has 5 nitrogen and oxygen atoms in total. The second-order valence-corrected chi connectivity index (χ2v) is 6.44. The van der Waals surface area contributed by atoms with E-state index in [1.807, 2.05) is 30.3 Å². The number of methoxy groups -OCH3 is 2. The number of hydrazone groups is 1. The van der Waals surface area contributed by atoms with Gasteiger partial charge in [-0.3, -0.25) is 4.79 Å². The summed E-state index contributed by atoms with van der Waals surface area (Å²) in [5, 5.41) is 4.67. The SMILES string of the molecule is COc1ccc(/C=N\NC(=O)CSCc2ccc(Cl)cc2)c(OC)c1. The summed E-state index contributed by atoms with van der Waals surface area (Å²) in [7, 11) is 3.16. The van der Waals surface area contributed by atoms with E-state index in [2.05, 4.69) is 10.5 Å². The third-order valence-electron chi connectivity index (χ3n) is 3.25. The van der Waals surface area contributed by atoms with Crippen LogP contribution in [0.4, 0.5) is 0 Å². The van der Waals surface area contributed by atoms with Gasteiger partial charge in [0, 0.05) is 22.4 Å². The second kappa shape index (κ2) is 9.96. The average Bonchev–Trinajstić information content (AvgIpc) is 2.63. The van der Waals surface area contributed by atoms with Gasteiger partial charge in [-0.25, -0.2) is 5.43 Å². The molecule has 0 aliphatic rings. The van der Waals surface area contributed by atoms with Gasteiger partial charge in [-0.1, -0.05) is 23.7 Å². The molecule has 0 bridgehead atoms. The minimum absolute atomic E-state index is 0.164. The Kier molecular flexibility index (Phi) is 7.63. The van der Waals surface area contributed by atoms with E-state index in [9.17, 15) is 4.79 Å². The van der Waals surface area contributed by atoms with Gasteiger partial charge in [-0.05, 0) is 29.8 Å². The van der Waals surface area contributed by atoms with E-state index >= 15 is 0 Å². The molecule has 1 N–H and O–H groups in total. The Morgan fingerprint density at radius 2 is 1.96 bits per heavy atom. The van der Waals surface area contributed by atoms with Crippen LogP contribution in [0.25, 0.3) is 0 Å². The van der Waals surface area contributed by atoms with Gasteiger partial charge in [-0.15, -0.1) is 11.8 Å². The van der Waals surface area contributed by atoms with Crippen molar-refractivity contribution in [2.24, 2.45) is 5.10 Å². The number of carbonyl (C=O) groups is 1. The molecule has 0 unspecified atom stereocenters. The summed E-state index contributed by atoms with van der Waals surface area (Å²) >= 11 is 7.35. The van der Waals surface area contributed by atoms with Crippen LogP contribution in [-0.4, -0.2) is 32.1 Å². The molecule has 25 heavy (non-hydrogen) atoms. The van der Waals surface area contributed by atoms with Crippen molar-refractivity contribution in [2.75, 3.05) is 20.0 Å². The zero-order valence-corrected chi connectivity index (χ0v) is 15.6. The topological polar surface area (TPSA) is 59.9 Å². The van der Waals surface area contributed by atoms with Gasteiger partial charge in [0.2, 0.25) is 5.91 Å². The van der Waals surface area contributed by atoms with Crippen molar-refractivity contribution in [1.82, 2.24) is 5.43 Å². The first-order chi connectivity index (χ1) is 12.1. The Hall–Kier alpha value is -2.18. The lowest BCUT2D eigenvalue weighted by atomic mass is 10.2. The molecule has 1 amide bonds. The van der Waals surface area contributed by atoms with Crippen molar-refractivity contribution in [3.05, 3.63) is 58.6 Å². The van der Waals surface area contributed by atoms with Crippen molar-refractivity contribution in [1.29, 1.82) is 0 Å². The number of ether oxygens (including phenoxy) is 2. The van der Waals surface area contributed by atoms with Crippen LogP contribution in [0.15, 0.2) is 47.6 Å². The third-order valence-corrected chi connectivity index (χ3v) is 4.50.